The minimum atomic E-state index is -3.03. The van der Waals surface area contributed by atoms with Gasteiger partial charge in [0.15, 0.2) is 0 Å². The van der Waals surface area contributed by atoms with E-state index in [9.17, 15) is 8.42 Å². The molecular formula is C16H32N2O2S. The van der Waals surface area contributed by atoms with Crippen LogP contribution in [0.25, 0.3) is 0 Å². The smallest absolute Gasteiger partial charge is 0.211 e. The van der Waals surface area contributed by atoms with Crippen LogP contribution >= 0.6 is 0 Å². The van der Waals surface area contributed by atoms with Crippen LogP contribution in [0.15, 0.2) is 0 Å². The molecule has 0 aromatic carbocycles. The molecule has 0 aromatic rings. The summed E-state index contributed by atoms with van der Waals surface area (Å²) in [6, 6.07) is 0.751. The van der Waals surface area contributed by atoms with Gasteiger partial charge >= 0.3 is 0 Å². The summed E-state index contributed by atoms with van der Waals surface area (Å²) in [7, 11) is -3.03. The van der Waals surface area contributed by atoms with Gasteiger partial charge in [0.1, 0.15) is 0 Å². The average molecular weight is 317 g/mol. The predicted molar refractivity (Wildman–Crippen MR) is 87.8 cm³/mol. The lowest BCUT2D eigenvalue weighted by Crippen LogP contribution is -2.43. The Balaban J connectivity index is 1.94. The first kappa shape index (κ1) is 17.2. The van der Waals surface area contributed by atoms with Crippen LogP contribution in [0.1, 0.15) is 58.8 Å². The zero-order chi connectivity index (χ0) is 15.5. The highest BCUT2D eigenvalue weighted by Gasteiger charge is 2.35. The molecule has 0 bridgehead atoms. The molecule has 1 saturated carbocycles. The quantitative estimate of drug-likeness (QED) is 0.749. The molecule has 0 aromatic heterocycles. The lowest BCUT2D eigenvalue weighted by molar-refractivity contribution is 0.147. The van der Waals surface area contributed by atoms with Gasteiger partial charge in [-0.3, -0.25) is 0 Å². The first-order chi connectivity index (χ1) is 9.88. The Hall–Kier alpha value is -0.130. The molecule has 124 valence electrons. The van der Waals surface area contributed by atoms with E-state index in [1.54, 1.807) is 4.31 Å². The standard InChI is InChI=1S/C16H32N2O2S/c1-4-16(5-2,13-17-15-8-9-15)11-14-7-6-10-18(12-14)21(3,19)20/h14-15,17H,4-13H2,1-3H3. The summed E-state index contributed by atoms with van der Waals surface area (Å²) in [5.74, 6) is 0.523. The van der Waals surface area contributed by atoms with E-state index in [2.05, 4.69) is 19.2 Å². The monoisotopic (exact) mass is 316 g/mol. The zero-order valence-corrected chi connectivity index (χ0v) is 14.7. The van der Waals surface area contributed by atoms with Crippen molar-refractivity contribution in [2.45, 2.75) is 64.8 Å². The molecule has 1 aliphatic carbocycles. The lowest BCUT2D eigenvalue weighted by atomic mass is 9.73. The predicted octanol–water partition coefficient (Wildman–Crippen LogP) is 2.61. The molecule has 0 amide bonds. The number of nitrogens with one attached hydrogen (secondary N) is 1. The summed E-state index contributed by atoms with van der Waals surface area (Å²) in [6.07, 6.45) is 9.71. The molecule has 2 fully saturated rings. The molecular weight excluding hydrogens is 284 g/mol. The normalized spacial score (nSPS) is 25.2. The minimum absolute atomic E-state index is 0.341. The molecule has 1 aliphatic heterocycles. The van der Waals surface area contributed by atoms with Crippen LogP contribution in [0.5, 0.6) is 0 Å². The zero-order valence-electron chi connectivity index (χ0n) is 13.9. The van der Waals surface area contributed by atoms with Crippen LogP contribution in [-0.4, -0.2) is 44.7 Å². The molecule has 1 heterocycles. The van der Waals surface area contributed by atoms with E-state index >= 15 is 0 Å². The highest BCUT2D eigenvalue weighted by Crippen LogP contribution is 2.37. The largest absolute Gasteiger partial charge is 0.313 e. The fourth-order valence-electron chi connectivity index (χ4n) is 3.62. The first-order valence-corrected chi connectivity index (χ1v) is 10.4. The molecule has 1 unspecified atom stereocenters. The SMILES string of the molecule is CCC(CC)(CNC1CC1)CC1CCCN(S(C)(=O)=O)C1. The summed E-state index contributed by atoms with van der Waals surface area (Å²) in [4.78, 5) is 0. The topological polar surface area (TPSA) is 49.4 Å². The second-order valence-corrected chi connectivity index (χ2v) is 9.18. The van der Waals surface area contributed by atoms with Crippen LogP contribution in [0.4, 0.5) is 0 Å². The van der Waals surface area contributed by atoms with E-state index in [1.165, 1.54) is 38.4 Å². The third-order valence-corrected chi connectivity index (χ3v) is 6.79. The van der Waals surface area contributed by atoms with Crippen molar-refractivity contribution in [3.8, 4) is 0 Å². The summed E-state index contributed by atoms with van der Waals surface area (Å²) in [5, 5.41) is 3.70. The first-order valence-electron chi connectivity index (χ1n) is 8.57. The Morgan fingerprint density at radius 1 is 1.19 bits per heavy atom. The third kappa shape index (κ3) is 4.93. The summed E-state index contributed by atoms with van der Waals surface area (Å²) < 4.78 is 25.2. The fraction of sp³-hybridized carbons (Fsp3) is 1.00. The Kier molecular flexibility index (Phi) is 5.71. The van der Waals surface area contributed by atoms with E-state index in [1.807, 2.05) is 0 Å². The fourth-order valence-corrected chi connectivity index (χ4v) is 4.56. The highest BCUT2D eigenvalue weighted by molar-refractivity contribution is 7.88. The van der Waals surface area contributed by atoms with E-state index < -0.39 is 10.0 Å². The van der Waals surface area contributed by atoms with Crippen molar-refractivity contribution in [2.24, 2.45) is 11.3 Å². The van der Waals surface area contributed by atoms with Gasteiger partial charge in [0, 0.05) is 25.7 Å². The van der Waals surface area contributed by atoms with Crippen LogP contribution in [0, 0.1) is 11.3 Å². The molecule has 21 heavy (non-hydrogen) atoms. The van der Waals surface area contributed by atoms with Crippen molar-refractivity contribution in [3.05, 3.63) is 0 Å². The van der Waals surface area contributed by atoms with Gasteiger partial charge in [-0.25, -0.2) is 12.7 Å². The summed E-state index contributed by atoms with van der Waals surface area (Å²) in [6.45, 7) is 7.11. The van der Waals surface area contributed by atoms with Gasteiger partial charge in [-0.1, -0.05) is 13.8 Å². The Morgan fingerprint density at radius 3 is 2.38 bits per heavy atom. The van der Waals surface area contributed by atoms with Crippen molar-refractivity contribution >= 4 is 10.0 Å². The van der Waals surface area contributed by atoms with Gasteiger partial charge in [0.05, 0.1) is 6.26 Å². The Labute approximate surface area is 130 Å². The van der Waals surface area contributed by atoms with Crippen LogP contribution in [0.2, 0.25) is 0 Å². The highest BCUT2D eigenvalue weighted by atomic mass is 32.2. The molecule has 4 nitrogen and oxygen atoms in total. The second-order valence-electron chi connectivity index (χ2n) is 7.20. The molecule has 1 saturated heterocycles. The molecule has 0 radical (unpaired) electrons. The third-order valence-electron chi connectivity index (χ3n) is 5.52. The van der Waals surface area contributed by atoms with Gasteiger partial charge in [-0.05, 0) is 56.3 Å². The van der Waals surface area contributed by atoms with E-state index in [0.717, 1.165) is 32.0 Å². The van der Waals surface area contributed by atoms with Crippen molar-refractivity contribution in [1.82, 2.24) is 9.62 Å². The summed E-state index contributed by atoms with van der Waals surface area (Å²) >= 11 is 0. The number of hydrogen-bond acceptors (Lipinski definition) is 3. The molecule has 0 spiro atoms. The van der Waals surface area contributed by atoms with Crippen molar-refractivity contribution < 1.29 is 8.42 Å². The lowest BCUT2D eigenvalue weighted by Gasteiger charge is -2.39. The van der Waals surface area contributed by atoms with Crippen molar-refractivity contribution in [3.63, 3.8) is 0 Å². The molecule has 2 aliphatic rings. The van der Waals surface area contributed by atoms with Gasteiger partial charge in [-0.2, -0.15) is 0 Å². The maximum atomic E-state index is 11.8. The van der Waals surface area contributed by atoms with Gasteiger partial charge in [-0.15, -0.1) is 0 Å². The molecule has 1 N–H and O–H groups in total. The maximum absolute atomic E-state index is 11.8. The van der Waals surface area contributed by atoms with Crippen LogP contribution in [0.3, 0.4) is 0 Å². The Morgan fingerprint density at radius 2 is 1.86 bits per heavy atom. The number of sulfonamides is 1. The van der Waals surface area contributed by atoms with Crippen molar-refractivity contribution in [2.75, 3.05) is 25.9 Å². The van der Waals surface area contributed by atoms with Gasteiger partial charge in [0.2, 0.25) is 10.0 Å². The van der Waals surface area contributed by atoms with Gasteiger partial charge < -0.3 is 5.32 Å². The summed E-state index contributed by atoms with van der Waals surface area (Å²) in [5.41, 5.74) is 0.341. The molecule has 1 atom stereocenters. The van der Waals surface area contributed by atoms with E-state index in [-0.39, 0.29) is 0 Å². The average Bonchev–Trinajstić information content (AvgIpc) is 3.27. The van der Waals surface area contributed by atoms with Gasteiger partial charge in [0.25, 0.3) is 0 Å². The second kappa shape index (κ2) is 6.97. The Bertz CT molecular complexity index is 428. The number of piperidine rings is 1. The number of nitrogens with zero attached hydrogens (tertiary/aromatic N) is 1. The van der Waals surface area contributed by atoms with Crippen LogP contribution in [-0.2, 0) is 10.0 Å². The minimum Gasteiger partial charge on any atom is -0.313 e. The molecule has 5 heteroatoms. The molecule has 2 rings (SSSR count). The number of hydrogen-bond donors (Lipinski definition) is 1. The van der Waals surface area contributed by atoms with E-state index in [4.69, 9.17) is 0 Å². The maximum Gasteiger partial charge on any atom is 0.211 e. The van der Waals surface area contributed by atoms with Crippen LogP contribution < -0.4 is 5.32 Å². The van der Waals surface area contributed by atoms with Crippen molar-refractivity contribution in [1.29, 1.82) is 0 Å². The number of rotatable bonds is 8. The van der Waals surface area contributed by atoms with E-state index in [0.29, 0.717) is 17.9 Å².